The lowest BCUT2D eigenvalue weighted by atomic mass is 10.2. The fourth-order valence-electron chi connectivity index (χ4n) is 1.24. The van der Waals surface area contributed by atoms with Gasteiger partial charge in [0.25, 0.3) is 0 Å². The van der Waals surface area contributed by atoms with Crippen molar-refractivity contribution in [3.63, 3.8) is 0 Å². The van der Waals surface area contributed by atoms with E-state index in [1.54, 1.807) is 6.92 Å². The van der Waals surface area contributed by atoms with Crippen LogP contribution in [-0.4, -0.2) is 17.5 Å². The number of hydrogen-bond donors (Lipinski definition) is 1. The minimum atomic E-state index is 0.649. The van der Waals surface area contributed by atoms with E-state index in [-0.39, 0.29) is 0 Å². The van der Waals surface area contributed by atoms with Crippen LogP contribution in [0.4, 0.5) is 0 Å². The number of oxime groups is 1. The second kappa shape index (κ2) is 7.01. The molecule has 0 spiro atoms. The van der Waals surface area contributed by atoms with Crippen LogP contribution in [0.25, 0.3) is 0 Å². The fourth-order valence-corrected chi connectivity index (χ4v) is 1.24. The number of rotatable bonds is 6. The molecule has 0 aliphatic heterocycles. The Morgan fingerprint density at radius 1 is 1.33 bits per heavy atom. The van der Waals surface area contributed by atoms with E-state index >= 15 is 0 Å². The summed E-state index contributed by atoms with van der Waals surface area (Å²) in [4.78, 5) is 0. The van der Waals surface area contributed by atoms with Crippen molar-refractivity contribution in [3.8, 4) is 0 Å². The van der Waals surface area contributed by atoms with Gasteiger partial charge in [0, 0.05) is 6.61 Å². The lowest BCUT2D eigenvalue weighted by Gasteiger charge is -2.03. The van der Waals surface area contributed by atoms with E-state index in [2.05, 4.69) is 5.16 Å². The molecule has 0 saturated carbocycles. The predicted octanol–water partition coefficient (Wildman–Crippen LogP) is 2.83. The maximum absolute atomic E-state index is 8.42. The van der Waals surface area contributed by atoms with E-state index in [1.165, 1.54) is 5.56 Å². The lowest BCUT2D eigenvalue weighted by molar-refractivity contribution is 0.119. The summed E-state index contributed by atoms with van der Waals surface area (Å²) in [6.07, 6.45) is 1.67. The van der Waals surface area contributed by atoms with Gasteiger partial charge in [0.1, 0.15) is 0 Å². The molecule has 0 bridgehead atoms. The average molecular weight is 207 g/mol. The van der Waals surface area contributed by atoms with Crippen molar-refractivity contribution in [1.82, 2.24) is 0 Å². The first-order valence-electron chi connectivity index (χ1n) is 5.12. The minimum absolute atomic E-state index is 0.649. The van der Waals surface area contributed by atoms with Gasteiger partial charge >= 0.3 is 0 Å². The highest BCUT2D eigenvalue weighted by Gasteiger charge is 1.94. The van der Waals surface area contributed by atoms with Crippen molar-refractivity contribution in [3.05, 3.63) is 35.9 Å². The van der Waals surface area contributed by atoms with Gasteiger partial charge in [-0.15, -0.1) is 0 Å². The Morgan fingerprint density at radius 2 is 2.07 bits per heavy atom. The third-order valence-corrected chi connectivity index (χ3v) is 2.11. The third-order valence-electron chi connectivity index (χ3n) is 2.11. The summed E-state index contributed by atoms with van der Waals surface area (Å²) >= 11 is 0. The van der Waals surface area contributed by atoms with Gasteiger partial charge in [-0.1, -0.05) is 35.5 Å². The SMILES string of the molecule is C/C(CCCOCc1ccccc1)=N\O. The molecule has 0 aromatic heterocycles. The Kier molecular flexibility index (Phi) is 5.48. The van der Waals surface area contributed by atoms with E-state index in [1.807, 2.05) is 30.3 Å². The predicted molar refractivity (Wildman–Crippen MR) is 60.2 cm³/mol. The molecule has 0 aliphatic carbocycles. The highest BCUT2D eigenvalue weighted by molar-refractivity contribution is 5.81. The summed E-state index contributed by atoms with van der Waals surface area (Å²) < 4.78 is 5.48. The zero-order valence-corrected chi connectivity index (χ0v) is 9.02. The van der Waals surface area contributed by atoms with Gasteiger partial charge in [-0.2, -0.15) is 0 Å². The van der Waals surface area contributed by atoms with Gasteiger partial charge in [-0.3, -0.25) is 0 Å². The molecule has 0 saturated heterocycles. The zero-order chi connectivity index (χ0) is 10.9. The molecule has 0 atom stereocenters. The molecule has 0 unspecified atom stereocenters. The molecular formula is C12H17NO2. The Balaban J connectivity index is 2.08. The standard InChI is InChI=1S/C12H17NO2/c1-11(13-14)6-5-9-15-10-12-7-3-2-4-8-12/h2-4,7-8,14H,5-6,9-10H2,1H3/b13-11+. The van der Waals surface area contributed by atoms with Crippen LogP contribution in [0.2, 0.25) is 0 Å². The van der Waals surface area contributed by atoms with Crippen molar-refractivity contribution in [2.45, 2.75) is 26.4 Å². The number of nitrogens with zero attached hydrogens (tertiary/aromatic N) is 1. The van der Waals surface area contributed by atoms with Crippen molar-refractivity contribution >= 4 is 5.71 Å². The maximum Gasteiger partial charge on any atom is 0.0716 e. The van der Waals surface area contributed by atoms with E-state index < -0.39 is 0 Å². The normalized spacial score (nSPS) is 11.7. The first-order valence-corrected chi connectivity index (χ1v) is 5.12. The molecule has 3 heteroatoms. The van der Waals surface area contributed by atoms with E-state index in [0.717, 1.165) is 18.6 Å². The monoisotopic (exact) mass is 207 g/mol. The van der Waals surface area contributed by atoms with Crippen molar-refractivity contribution < 1.29 is 9.94 Å². The lowest BCUT2D eigenvalue weighted by Crippen LogP contribution is -1.98. The van der Waals surface area contributed by atoms with Gasteiger partial charge < -0.3 is 9.94 Å². The van der Waals surface area contributed by atoms with Gasteiger partial charge in [-0.25, -0.2) is 0 Å². The number of benzene rings is 1. The summed E-state index contributed by atoms with van der Waals surface area (Å²) in [5.41, 5.74) is 1.93. The highest BCUT2D eigenvalue weighted by Crippen LogP contribution is 2.01. The molecule has 1 N–H and O–H groups in total. The summed E-state index contributed by atoms with van der Waals surface area (Å²) in [5, 5.41) is 11.5. The Bertz CT molecular complexity index is 296. The summed E-state index contributed by atoms with van der Waals surface area (Å²) in [6, 6.07) is 10.1. The van der Waals surface area contributed by atoms with Crippen LogP contribution < -0.4 is 0 Å². The molecule has 0 aliphatic rings. The van der Waals surface area contributed by atoms with Gasteiger partial charge in [0.15, 0.2) is 0 Å². The number of ether oxygens (including phenoxy) is 1. The van der Waals surface area contributed by atoms with Gasteiger partial charge in [-0.05, 0) is 25.3 Å². The molecule has 0 fully saturated rings. The van der Waals surface area contributed by atoms with Crippen LogP contribution in [0.1, 0.15) is 25.3 Å². The van der Waals surface area contributed by atoms with Crippen LogP contribution in [0.5, 0.6) is 0 Å². The molecule has 0 radical (unpaired) electrons. The van der Waals surface area contributed by atoms with Gasteiger partial charge in [0.2, 0.25) is 0 Å². The molecule has 1 rings (SSSR count). The van der Waals surface area contributed by atoms with Crippen LogP contribution in [-0.2, 0) is 11.3 Å². The minimum Gasteiger partial charge on any atom is -0.411 e. The van der Waals surface area contributed by atoms with Crippen LogP contribution >= 0.6 is 0 Å². The fraction of sp³-hybridized carbons (Fsp3) is 0.417. The molecule has 0 amide bonds. The van der Waals surface area contributed by atoms with E-state index in [0.29, 0.717) is 13.2 Å². The smallest absolute Gasteiger partial charge is 0.0716 e. The maximum atomic E-state index is 8.42. The second-order valence-electron chi connectivity index (χ2n) is 3.48. The molecular weight excluding hydrogens is 190 g/mol. The average Bonchev–Trinajstić information content (AvgIpc) is 2.29. The van der Waals surface area contributed by atoms with Crippen molar-refractivity contribution in [2.75, 3.05) is 6.61 Å². The number of hydrogen-bond acceptors (Lipinski definition) is 3. The van der Waals surface area contributed by atoms with Crippen LogP contribution in [0.15, 0.2) is 35.5 Å². The Hall–Kier alpha value is -1.35. The molecule has 0 heterocycles. The molecule has 82 valence electrons. The van der Waals surface area contributed by atoms with Crippen LogP contribution in [0.3, 0.4) is 0 Å². The molecule has 15 heavy (non-hydrogen) atoms. The summed E-state index contributed by atoms with van der Waals surface area (Å²) in [6.45, 7) is 3.15. The van der Waals surface area contributed by atoms with E-state index in [9.17, 15) is 0 Å². The Morgan fingerprint density at radius 3 is 2.73 bits per heavy atom. The first kappa shape index (κ1) is 11.7. The largest absolute Gasteiger partial charge is 0.411 e. The topological polar surface area (TPSA) is 41.8 Å². The van der Waals surface area contributed by atoms with Crippen molar-refractivity contribution in [2.24, 2.45) is 5.16 Å². The van der Waals surface area contributed by atoms with Crippen LogP contribution in [0, 0.1) is 0 Å². The zero-order valence-electron chi connectivity index (χ0n) is 9.02. The summed E-state index contributed by atoms with van der Waals surface area (Å²) in [5.74, 6) is 0. The molecule has 1 aromatic carbocycles. The second-order valence-corrected chi connectivity index (χ2v) is 3.48. The third kappa shape index (κ3) is 5.18. The highest BCUT2D eigenvalue weighted by atomic mass is 16.5. The molecule has 1 aromatic rings. The van der Waals surface area contributed by atoms with E-state index in [4.69, 9.17) is 9.94 Å². The molecule has 3 nitrogen and oxygen atoms in total. The van der Waals surface area contributed by atoms with Crippen molar-refractivity contribution in [1.29, 1.82) is 0 Å². The Labute approximate surface area is 90.4 Å². The summed E-state index contributed by atoms with van der Waals surface area (Å²) in [7, 11) is 0. The van der Waals surface area contributed by atoms with Gasteiger partial charge in [0.05, 0.1) is 12.3 Å². The quantitative estimate of drug-likeness (QED) is 0.337. The first-order chi connectivity index (χ1) is 7.33.